The second kappa shape index (κ2) is 8.67. The highest BCUT2D eigenvalue weighted by atomic mass is 79.9. The average Bonchev–Trinajstić information content (AvgIpc) is 3.18. The molecule has 0 unspecified atom stereocenters. The predicted octanol–water partition coefficient (Wildman–Crippen LogP) is 5.08. The zero-order valence-electron chi connectivity index (χ0n) is 16.5. The molecule has 0 radical (unpaired) electrons. The van der Waals surface area contributed by atoms with E-state index in [1.54, 1.807) is 6.33 Å². The van der Waals surface area contributed by atoms with Crippen LogP contribution in [0.2, 0.25) is 0 Å². The maximum absolute atomic E-state index is 10.8. The van der Waals surface area contributed by atoms with E-state index < -0.39 is 6.09 Å². The molecule has 4 aromatic rings. The molecule has 0 aliphatic carbocycles. The highest BCUT2D eigenvalue weighted by molar-refractivity contribution is 9.09. The Morgan fingerprint density at radius 1 is 1.10 bits per heavy atom. The molecule has 2 aromatic carbocycles. The number of halogens is 1. The van der Waals surface area contributed by atoms with Gasteiger partial charge in [0.25, 0.3) is 0 Å². The number of hydrogen-bond acceptors (Lipinski definition) is 3. The van der Waals surface area contributed by atoms with Crippen LogP contribution in [0.3, 0.4) is 0 Å². The predicted molar refractivity (Wildman–Crippen MR) is 121 cm³/mol. The number of benzene rings is 2. The summed E-state index contributed by atoms with van der Waals surface area (Å²) in [5.74, 6) is 0. The molecule has 6 nitrogen and oxygen atoms in total. The molecule has 152 valence electrons. The molecule has 0 fully saturated rings. The van der Waals surface area contributed by atoms with Crippen LogP contribution >= 0.6 is 15.9 Å². The zero-order valence-corrected chi connectivity index (χ0v) is 18.1. The van der Waals surface area contributed by atoms with Crippen LogP contribution in [0.5, 0.6) is 0 Å². The third-order valence-electron chi connectivity index (χ3n) is 5.12. The quantitative estimate of drug-likeness (QED) is 0.390. The van der Waals surface area contributed by atoms with Gasteiger partial charge in [-0.15, -0.1) is 0 Å². The normalized spacial score (nSPS) is 11.0. The third kappa shape index (κ3) is 4.21. The van der Waals surface area contributed by atoms with Crippen molar-refractivity contribution in [2.75, 3.05) is 5.33 Å². The average molecular weight is 465 g/mol. The molecule has 0 atom stereocenters. The van der Waals surface area contributed by atoms with Crippen molar-refractivity contribution in [3.05, 3.63) is 77.7 Å². The number of aromatic nitrogens is 3. The van der Waals surface area contributed by atoms with Crippen molar-refractivity contribution in [2.24, 2.45) is 0 Å². The van der Waals surface area contributed by atoms with Gasteiger partial charge in [0.15, 0.2) is 0 Å². The second-order valence-electron chi connectivity index (χ2n) is 7.10. The van der Waals surface area contributed by atoms with Crippen molar-refractivity contribution < 1.29 is 9.90 Å². The second-order valence-corrected chi connectivity index (χ2v) is 7.90. The Bertz CT molecular complexity index is 1200. The summed E-state index contributed by atoms with van der Waals surface area (Å²) in [5.41, 5.74) is 8.19. The SMILES string of the molecule is Cc1cc(-c2ncnn3cc(-c4ccc(CCBr)cc4)cc23)ccc1CNC(=O)O. The van der Waals surface area contributed by atoms with E-state index in [0.29, 0.717) is 0 Å². The molecule has 30 heavy (non-hydrogen) atoms. The number of nitrogens with one attached hydrogen (secondary N) is 1. The molecule has 0 spiro atoms. The van der Waals surface area contributed by atoms with E-state index in [4.69, 9.17) is 5.11 Å². The number of carbonyl (C=O) groups is 1. The summed E-state index contributed by atoms with van der Waals surface area (Å²) < 4.78 is 1.85. The number of fused-ring (bicyclic) bond motifs is 1. The Hall–Kier alpha value is -3.19. The number of amides is 1. The van der Waals surface area contributed by atoms with Gasteiger partial charge in [-0.3, -0.25) is 0 Å². The van der Waals surface area contributed by atoms with Crippen molar-refractivity contribution in [1.82, 2.24) is 19.9 Å². The monoisotopic (exact) mass is 464 g/mol. The van der Waals surface area contributed by atoms with E-state index in [1.165, 1.54) is 5.56 Å². The number of aryl methyl sites for hydroxylation is 2. The summed E-state index contributed by atoms with van der Waals surface area (Å²) in [5, 5.41) is 16.6. The Balaban J connectivity index is 1.69. The Kier molecular flexibility index (Phi) is 5.81. The Labute approximate surface area is 182 Å². The highest BCUT2D eigenvalue weighted by Crippen LogP contribution is 2.29. The Morgan fingerprint density at radius 2 is 1.87 bits per heavy atom. The van der Waals surface area contributed by atoms with Crippen LogP contribution in [0, 0.1) is 6.92 Å². The smallest absolute Gasteiger partial charge is 0.404 e. The van der Waals surface area contributed by atoms with Gasteiger partial charge in [0, 0.05) is 29.2 Å². The van der Waals surface area contributed by atoms with Gasteiger partial charge < -0.3 is 10.4 Å². The molecular weight excluding hydrogens is 444 g/mol. The van der Waals surface area contributed by atoms with Crippen molar-refractivity contribution in [1.29, 1.82) is 0 Å². The standard InChI is InChI=1S/C23H21BrN4O2/c1-15-10-18(6-7-19(15)12-25-23(29)30)22-21-11-20(13-28(21)27-14-26-22)17-4-2-16(3-5-17)8-9-24/h2-7,10-11,13-14,25H,8-9,12H2,1H3,(H,29,30). The minimum absolute atomic E-state index is 0.279. The van der Waals surface area contributed by atoms with Crippen LogP contribution in [-0.4, -0.2) is 31.1 Å². The lowest BCUT2D eigenvalue weighted by molar-refractivity contribution is 0.194. The molecular formula is C23H21BrN4O2. The lowest BCUT2D eigenvalue weighted by atomic mass is 10.0. The number of carboxylic acid groups (broad SMARTS) is 1. The molecule has 0 aliphatic heterocycles. The van der Waals surface area contributed by atoms with Crippen molar-refractivity contribution in [2.45, 2.75) is 19.9 Å². The highest BCUT2D eigenvalue weighted by Gasteiger charge is 2.12. The fourth-order valence-corrected chi connectivity index (χ4v) is 3.95. The van der Waals surface area contributed by atoms with Gasteiger partial charge in [0.05, 0.1) is 11.2 Å². The molecule has 0 bridgehead atoms. The molecule has 2 aromatic heterocycles. The van der Waals surface area contributed by atoms with Crippen molar-refractivity contribution in [3.8, 4) is 22.4 Å². The van der Waals surface area contributed by atoms with Crippen molar-refractivity contribution in [3.63, 3.8) is 0 Å². The topological polar surface area (TPSA) is 79.5 Å². The van der Waals surface area contributed by atoms with Gasteiger partial charge in [-0.05, 0) is 47.7 Å². The van der Waals surface area contributed by atoms with Crippen LogP contribution in [0.4, 0.5) is 4.79 Å². The first-order valence-electron chi connectivity index (χ1n) is 9.60. The minimum Gasteiger partial charge on any atom is -0.465 e. The summed E-state index contributed by atoms with van der Waals surface area (Å²) >= 11 is 3.48. The van der Waals surface area contributed by atoms with Gasteiger partial charge in [-0.25, -0.2) is 14.3 Å². The van der Waals surface area contributed by atoms with Crippen LogP contribution in [-0.2, 0) is 13.0 Å². The van der Waals surface area contributed by atoms with Crippen LogP contribution in [0.1, 0.15) is 16.7 Å². The van der Waals surface area contributed by atoms with Gasteiger partial charge >= 0.3 is 6.09 Å². The van der Waals surface area contributed by atoms with Crippen LogP contribution in [0.15, 0.2) is 61.1 Å². The lowest BCUT2D eigenvalue weighted by Crippen LogP contribution is -2.20. The molecule has 2 N–H and O–H groups in total. The van der Waals surface area contributed by atoms with Gasteiger partial charge in [-0.1, -0.05) is 52.3 Å². The molecule has 0 aliphatic rings. The molecule has 0 saturated heterocycles. The van der Waals surface area contributed by atoms with E-state index in [2.05, 4.69) is 61.7 Å². The largest absolute Gasteiger partial charge is 0.465 e. The number of hydrogen-bond donors (Lipinski definition) is 2. The van der Waals surface area contributed by atoms with E-state index >= 15 is 0 Å². The number of nitrogens with zero attached hydrogens (tertiary/aromatic N) is 3. The fraction of sp³-hybridized carbons (Fsp3) is 0.174. The van der Waals surface area contributed by atoms with E-state index in [1.807, 2.05) is 35.8 Å². The Morgan fingerprint density at radius 3 is 2.57 bits per heavy atom. The van der Waals surface area contributed by atoms with Crippen LogP contribution in [0.25, 0.3) is 27.9 Å². The third-order valence-corrected chi connectivity index (χ3v) is 5.52. The van der Waals surface area contributed by atoms with E-state index in [-0.39, 0.29) is 6.54 Å². The fourth-order valence-electron chi connectivity index (χ4n) is 3.50. The molecule has 0 saturated carbocycles. The lowest BCUT2D eigenvalue weighted by Gasteiger charge is -2.09. The zero-order chi connectivity index (χ0) is 21.1. The number of rotatable bonds is 6. The number of alkyl halides is 1. The van der Waals surface area contributed by atoms with E-state index in [9.17, 15) is 4.79 Å². The first-order chi connectivity index (χ1) is 14.5. The minimum atomic E-state index is -1.03. The van der Waals surface area contributed by atoms with E-state index in [0.717, 1.165) is 50.8 Å². The first-order valence-corrected chi connectivity index (χ1v) is 10.7. The van der Waals surface area contributed by atoms with Gasteiger partial charge in [-0.2, -0.15) is 5.10 Å². The summed E-state index contributed by atoms with van der Waals surface area (Å²) in [6.07, 6.45) is 3.54. The molecule has 1 amide bonds. The van der Waals surface area contributed by atoms with Gasteiger partial charge in [0.2, 0.25) is 0 Å². The maximum atomic E-state index is 10.8. The summed E-state index contributed by atoms with van der Waals surface area (Å²) in [6.45, 7) is 2.25. The first kappa shape index (κ1) is 20.1. The molecule has 7 heteroatoms. The molecule has 4 rings (SSSR count). The van der Waals surface area contributed by atoms with Crippen molar-refractivity contribution >= 4 is 27.5 Å². The van der Waals surface area contributed by atoms with Gasteiger partial charge in [0.1, 0.15) is 6.33 Å². The summed E-state index contributed by atoms with van der Waals surface area (Å²) in [6, 6.07) is 16.6. The maximum Gasteiger partial charge on any atom is 0.404 e. The summed E-state index contributed by atoms with van der Waals surface area (Å²) in [4.78, 5) is 15.3. The summed E-state index contributed by atoms with van der Waals surface area (Å²) in [7, 11) is 0. The van der Waals surface area contributed by atoms with Crippen LogP contribution < -0.4 is 5.32 Å². The molecule has 2 heterocycles.